The van der Waals surface area contributed by atoms with Crippen molar-refractivity contribution in [3.8, 4) is 11.5 Å². The average molecular weight is 310 g/mol. The molecule has 0 radical (unpaired) electrons. The summed E-state index contributed by atoms with van der Waals surface area (Å²) >= 11 is 0. The van der Waals surface area contributed by atoms with Gasteiger partial charge in [-0.2, -0.15) is 0 Å². The van der Waals surface area contributed by atoms with Crippen molar-refractivity contribution >= 4 is 16.7 Å². The summed E-state index contributed by atoms with van der Waals surface area (Å²) < 4.78 is 33.0. The molecule has 0 spiro atoms. The number of benzene rings is 2. The first kappa shape index (κ1) is 15.3. The highest BCUT2D eigenvalue weighted by atomic mass is 32.3. The van der Waals surface area contributed by atoms with Crippen LogP contribution in [0.5, 0.6) is 11.5 Å². The minimum atomic E-state index is -4.09. The molecular weight excluding hydrogens is 296 g/mol. The topological polar surface area (TPSA) is 107 Å². The van der Waals surface area contributed by atoms with E-state index in [1.807, 2.05) is 0 Å². The summed E-state index contributed by atoms with van der Waals surface area (Å²) in [6, 6.07) is 10.2. The molecule has 2 aromatic carbocycles. The van der Waals surface area contributed by atoms with Gasteiger partial charge in [-0.1, -0.05) is 30.3 Å². The first-order chi connectivity index (χ1) is 9.84. The third kappa shape index (κ3) is 3.17. The second kappa shape index (κ2) is 5.74. The number of phenolic OH excluding ortho intramolecular Hbond substituents is 1. The number of carbonyl (C=O) groups is 1. The van der Waals surface area contributed by atoms with E-state index in [4.69, 9.17) is 4.74 Å². The highest BCUT2D eigenvalue weighted by molar-refractivity contribution is 8.19. The van der Waals surface area contributed by atoms with E-state index in [2.05, 4.69) is 0 Å². The molecule has 7 heteroatoms. The number of ether oxygens (including phenoxy) is 1. The van der Waals surface area contributed by atoms with Crippen molar-refractivity contribution in [2.24, 2.45) is 0 Å². The first-order valence-corrected chi connectivity index (χ1v) is 7.36. The maximum absolute atomic E-state index is 12.3. The van der Waals surface area contributed by atoms with E-state index >= 15 is 0 Å². The van der Waals surface area contributed by atoms with Crippen molar-refractivity contribution in [3.05, 3.63) is 53.6 Å². The van der Waals surface area contributed by atoms with Crippen molar-refractivity contribution in [1.29, 1.82) is 0 Å². The molecule has 6 nitrogen and oxygen atoms in total. The zero-order valence-corrected chi connectivity index (χ0v) is 11.9. The molecule has 0 amide bonds. The highest BCUT2D eigenvalue weighted by Gasteiger charge is 2.26. The molecule has 21 heavy (non-hydrogen) atoms. The number of rotatable bonds is 4. The van der Waals surface area contributed by atoms with Gasteiger partial charge >= 0.3 is 0 Å². The summed E-state index contributed by atoms with van der Waals surface area (Å²) in [4.78, 5) is 12.0. The Bertz CT molecular complexity index is 663. The Morgan fingerprint density at radius 3 is 2.24 bits per heavy atom. The van der Waals surface area contributed by atoms with Crippen LogP contribution in [0.25, 0.3) is 0 Å². The van der Waals surface area contributed by atoms with Gasteiger partial charge in [-0.05, 0) is 6.07 Å². The number of phenols is 1. The highest BCUT2D eigenvalue weighted by Crippen LogP contribution is 2.50. The Morgan fingerprint density at radius 2 is 1.71 bits per heavy atom. The van der Waals surface area contributed by atoms with Gasteiger partial charge in [-0.15, -0.1) is 0 Å². The van der Waals surface area contributed by atoms with Crippen molar-refractivity contribution in [3.63, 3.8) is 0 Å². The molecule has 4 N–H and O–H groups in total. The summed E-state index contributed by atoms with van der Waals surface area (Å²) in [7, 11) is -2.85. The molecule has 0 aromatic heterocycles. The number of carbonyl (C=O) groups excluding carboxylic acids is 1. The molecule has 0 heterocycles. The molecule has 0 saturated heterocycles. The van der Waals surface area contributed by atoms with E-state index in [0.29, 0.717) is 5.56 Å². The summed E-state index contributed by atoms with van der Waals surface area (Å²) in [5, 5.41) is 9.91. The molecule has 0 bridgehead atoms. The van der Waals surface area contributed by atoms with Gasteiger partial charge in [-0.25, -0.2) is 0 Å². The van der Waals surface area contributed by atoms with Crippen LogP contribution in [0.4, 0.5) is 0 Å². The van der Waals surface area contributed by atoms with Crippen LogP contribution >= 0.6 is 10.9 Å². The number of aromatic hydroxyl groups is 1. The first-order valence-electron chi connectivity index (χ1n) is 5.86. The summed E-state index contributed by atoms with van der Waals surface area (Å²) in [5.74, 6) is -1.02. The molecule has 0 aliphatic heterocycles. The molecule has 112 valence electrons. The predicted octanol–water partition coefficient (Wildman–Crippen LogP) is 3.21. The lowest BCUT2D eigenvalue weighted by Gasteiger charge is -2.22. The van der Waals surface area contributed by atoms with Gasteiger partial charge in [0.15, 0.2) is 5.78 Å². The number of methoxy groups -OCH3 is 1. The second-order valence-electron chi connectivity index (χ2n) is 4.23. The third-order valence-corrected chi connectivity index (χ3v) is 3.77. The van der Waals surface area contributed by atoms with E-state index in [-0.39, 0.29) is 22.0 Å². The van der Waals surface area contributed by atoms with E-state index < -0.39 is 16.7 Å². The Morgan fingerprint density at radius 1 is 1.10 bits per heavy atom. The van der Waals surface area contributed by atoms with E-state index in [0.717, 1.165) is 12.1 Å². The fourth-order valence-corrected chi connectivity index (χ4v) is 2.54. The Kier molecular flexibility index (Phi) is 4.19. The van der Waals surface area contributed by atoms with Crippen LogP contribution in [0.1, 0.15) is 15.9 Å². The van der Waals surface area contributed by atoms with E-state index in [1.54, 1.807) is 30.3 Å². The minimum Gasteiger partial charge on any atom is -0.507 e. The second-order valence-corrected chi connectivity index (χ2v) is 5.71. The van der Waals surface area contributed by atoms with Crippen molar-refractivity contribution in [2.75, 3.05) is 7.11 Å². The fourth-order valence-electron chi connectivity index (χ4n) is 1.85. The number of hydrogen-bond acceptors (Lipinski definition) is 6. The molecule has 0 fully saturated rings. The van der Waals surface area contributed by atoms with Crippen LogP contribution in [0.3, 0.4) is 0 Å². The zero-order chi connectivity index (χ0) is 15.6. The van der Waals surface area contributed by atoms with Gasteiger partial charge < -0.3 is 23.5 Å². The number of ketones is 1. The molecule has 0 aliphatic rings. The normalized spacial score (nSPS) is 12.0. The molecular formula is C14H14O6S. The predicted molar refractivity (Wildman–Crippen MR) is 78.3 cm³/mol. The molecule has 0 saturated carbocycles. The lowest BCUT2D eigenvalue weighted by Crippen LogP contribution is -2.06. The van der Waals surface area contributed by atoms with Gasteiger partial charge in [0.2, 0.25) is 0 Å². The van der Waals surface area contributed by atoms with Crippen LogP contribution < -0.4 is 4.74 Å². The van der Waals surface area contributed by atoms with Gasteiger partial charge in [0.05, 0.1) is 12.7 Å². The third-order valence-electron chi connectivity index (χ3n) is 2.86. The van der Waals surface area contributed by atoms with Crippen molar-refractivity contribution in [2.45, 2.75) is 4.90 Å². The fraction of sp³-hybridized carbons (Fsp3) is 0.0714. The van der Waals surface area contributed by atoms with Crippen LogP contribution in [-0.2, 0) is 0 Å². The lowest BCUT2D eigenvalue weighted by atomic mass is 10.0. The van der Waals surface area contributed by atoms with Crippen LogP contribution in [-0.4, -0.2) is 31.7 Å². The molecule has 0 unspecified atom stereocenters. The van der Waals surface area contributed by atoms with Crippen molar-refractivity contribution in [1.82, 2.24) is 0 Å². The summed E-state index contributed by atoms with van der Waals surface area (Å²) in [5.41, 5.74) is 0.157. The van der Waals surface area contributed by atoms with E-state index in [1.165, 1.54) is 7.11 Å². The molecule has 2 rings (SSSR count). The monoisotopic (exact) mass is 310 g/mol. The maximum Gasteiger partial charge on any atom is 0.196 e. The summed E-state index contributed by atoms with van der Waals surface area (Å²) in [6.45, 7) is 0. The quantitative estimate of drug-likeness (QED) is 0.646. The average Bonchev–Trinajstić information content (AvgIpc) is 2.45. The smallest absolute Gasteiger partial charge is 0.196 e. The van der Waals surface area contributed by atoms with Crippen LogP contribution in [0.2, 0.25) is 0 Å². The standard InChI is InChI=1S/C14H14O6S/c1-20-12-8-11(15)10(7-13(12)21(17,18)19)14(16)9-5-3-2-4-6-9/h2-8,15,17-19H,1H3. The minimum absolute atomic E-state index is 0.125. The van der Waals surface area contributed by atoms with Gasteiger partial charge in [0, 0.05) is 11.6 Å². The SMILES string of the molecule is COc1cc(O)c(C(=O)c2ccccc2)cc1S(O)(O)O. The van der Waals surface area contributed by atoms with Gasteiger partial charge in [-0.3, -0.25) is 4.79 Å². The Hall–Kier alpha value is -2.06. The van der Waals surface area contributed by atoms with E-state index in [9.17, 15) is 23.6 Å². The molecule has 2 aromatic rings. The molecule has 0 atom stereocenters. The molecule has 0 aliphatic carbocycles. The van der Waals surface area contributed by atoms with Crippen LogP contribution in [0.15, 0.2) is 47.4 Å². The van der Waals surface area contributed by atoms with Crippen molar-refractivity contribution < 1.29 is 28.3 Å². The Labute approximate surface area is 122 Å². The van der Waals surface area contributed by atoms with Crippen LogP contribution in [0, 0.1) is 0 Å². The zero-order valence-electron chi connectivity index (χ0n) is 11.1. The number of hydrogen-bond donors (Lipinski definition) is 4. The maximum atomic E-state index is 12.3. The van der Waals surface area contributed by atoms with Gasteiger partial charge in [0.25, 0.3) is 0 Å². The Balaban J connectivity index is 2.57. The summed E-state index contributed by atoms with van der Waals surface area (Å²) in [6.07, 6.45) is 0. The largest absolute Gasteiger partial charge is 0.507 e. The van der Waals surface area contributed by atoms with Gasteiger partial charge in [0.1, 0.15) is 27.3 Å². The lowest BCUT2D eigenvalue weighted by molar-refractivity contribution is 0.103.